The number of hydrogen-bond acceptors (Lipinski definition) is 4. The van der Waals surface area contributed by atoms with Gasteiger partial charge in [0.1, 0.15) is 0 Å². The Morgan fingerprint density at radius 1 is 1.25 bits per heavy atom. The summed E-state index contributed by atoms with van der Waals surface area (Å²) in [6, 6.07) is 7.25. The second-order valence-corrected chi connectivity index (χ2v) is 6.32. The van der Waals surface area contributed by atoms with Crippen LogP contribution in [0.15, 0.2) is 35.4 Å². The molecule has 0 aliphatic rings. The van der Waals surface area contributed by atoms with Crippen LogP contribution in [0.5, 0.6) is 0 Å². The number of benzene rings is 1. The highest BCUT2D eigenvalue weighted by Gasteiger charge is 2.24. The first-order valence-corrected chi connectivity index (χ1v) is 8.11. The molecule has 1 heterocycles. The Balaban J connectivity index is 2.49. The van der Waals surface area contributed by atoms with Crippen LogP contribution in [0.4, 0.5) is 0 Å². The zero-order valence-electron chi connectivity index (χ0n) is 11.5. The van der Waals surface area contributed by atoms with Crippen molar-refractivity contribution in [2.24, 2.45) is 0 Å². The number of aromatic nitrogens is 1. The third-order valence-corrected chi connectivity index (χ3v) is 4.65. The molecule has 0 bridgehead atoms. The van der Waals surface area contributed by atoms with Crippen LogP contribution in [-0.2, 0) is 25.9 Å². The summed E-state index contributed by atoms with van der Waals surface area (Å²) in [6.45, 7) is 4.42. The minimum Gasteiger partial charge on any atom is -0.465 e. The number of esters is 1. The molecule has 0 unspecified atom stereocenters. The fourth-order valence-electron chi connectivity index (χ4n) is 2.16. The average molecular weight is 295 g/mol. The first kappa shape index (κ1) is 14.6. The minimum absolute atomic E-state index is 0.172. The molecule has 0 saturated carbocycles. The third-order valence-electron chi connectivity index (χ3n) is 3.04. The molecule has 2 rings (SSSR count). The number of sulfone groups is 1. The van der Waals surface area contributed by atoms with Crippen LogP contribution in [0, 0.1) is 0 Å². The van der Waals surface area contributed by atoms with E-state index < -0.39 is 21.6 Å². The Bertz CT molecular complexity index is 731. The summed E-state index contributed by atoms with van der Waals surface area (Å²) < 4.78 is 31.3. The van der Waals surface area contributed by atoms with E-state index in [-0.39, 0.29) is 11.5 Å². The minimum atomic E-state index is -3.69. The van der Waals surface area contributed by atoms with Crippen molar-refractivity contribution in [3.8, 4) is 0 Å². The van der Waals surface area contributed by atoms with Gasteiger partial charge in [0.25, 0.3) is 0 Å². The van der Waals surface area contributed by atoms with Crippen molar-refractivity contribution in [3.05, 3.63) is 30.5 Å². The molecule has 0 N–H and O–H groups in total. The molecule has 1 aromatic carbocycles. The van der Waals surface area contributed by atoms with Gasteiger partial charge < -0.3 is 9.30 Å². The first-order chi connectivity index (χ1) is 9.49. The van der Waals surface area contributed by atoms with E-state index in [1.165, 1.54) is 0 Å². The van der Waals surface area contributed by atoms with Crippen molar-refractivity contribution in [1.82, 2.24) is 4.57 Å². The lowest BCUT2D eigenvalue weighted by Crippen LogP contribution is -2.18. The number of ether oxygens (including phenoxy) is 1. The maximum Gasteiger partial charge on any atom is 0.321 e. The van der Waals surface area contributed by atoms with E-state index in [0.717, 1.165) is 5.52 Å². The van der Waals surface area contributed by atoms with Crippen molar-refractivity contribution in [2.45, 2.75) is 25.3 Å². The van der Waals surface area contributed by atoms with E-state index in [2.05, 4.69) is 0 Å². The Morgan fingerprint density at radius 3 is 2.60 bits per heavy atom. The molecule has 0 radical (unpaired) electrons. The van der Waals surface area contributed by atoms with Crippen molar-refractivity contribution in [3.63, 3.8) is 0 Å². The molecular formula is C14H17NO4S. The molecule has 2 aromatic rings. The number of rotatable bonds is 5. The highest BCUT2D eigenvalue weighted by Crippen LogP contribution is 2.26. The molecule has 0 fully saturated rings. The Morgan fingerprint density at radius 2 is 1.95 bits per heavy atom. The van der Waals surface area contributed by atoms with Crippen LogP contribution >= 0.6 is 0 Å². The monoisotopic (exact) mass is 295 g/mol. The lowest BCUT2D eigenvalue weighted by Gasteiger charge is -2.03. The molecule has 20 heavy (non-hydrogen) atoms. The summed E-state index contributed by atoms with van der Waals surface area (Å²) in [5, 5.41) is 0.638. The molecule has 0 aliphatic carbocycles. The second-order valence-electron chi connectivity index (χ2n) is 4.36. The number of fused-ring (bicyclic) bond motifs is 1. The first-order valence-electron chi connectivity index (χ1n) is 6.45. The largest absolute Gasteiger partial charge is 0.465 e. The van der Waals surface area contributed by atoms with E-state index in [9.17, 15) is 13.2 Å². The molecule has 0 spiro atoms. The van der Waals surface area contributed by atoms with Gasteiger partial charge in [-0.3, -0.25) is 4.79 Å². The maximum atomic E-state index is 12.3. The molecular weight excluding hydrogens is 278 g/mol. The number of nitrogens with zero attached hydrogens (tertiary/aromatic N) is 1. The Hall–Kier alpha value is -1.82. The zero-order chi connectivity index (χ0) is 14.8. The van der Waals surface area contributed by atoms with Crippen LogP contribution in [0.25, 0.3) is 10.9 Å². The highest BCUT2D eigenvalue weighted by atomic mass is 32.2. The van der Waals surface area contributed by atoms with E-state index in [0.29, 0.717) is 11.9 Å². The molecule has 5 nitrogen and oxygen atoms in total. The van der Waals surface area contributed by atoms with Crippen LogP contribution in [-0.4, -0.2) is 31.3 Å². The van der Waals surface area contributed by atoms with Gasteiger partial charge in [0.2, 0.25) is 0 Å². The third kappa shape index (κ3) is 2.70. The van der Waals surface area contributed by atoms with Gasteiger partial charge in [0.05, 0.1) is 11.5 Å². The summed E-state index contributed by atoms with van der Waals surface area (Å²) in [5.41, 5.74) is 0.845. The van der Waals surface area contributed by atoms with Crippen molar-refractivity contribution >= 4 is 26.7 Å². The van der Waals surface area contributed by atoms with E-state index >= 15 is 0 Å². The molecule has 108 valence electrons. The number of aryl methyl sites for hydroxylation is 1. The zero-order valence-corrected chi connectivity index (χ0v) is 12.3. The summed E-state index contributed by atoms with van der Waals surface area (Å²) in [4.78, 5) is 11.6. The van der Waals surface area contributed by atoms with Gasteiger partial charge in [-0.1, -0.05) is 18.2 Å². The molecule has 1 aromatic heterocycles. The van der Waals surface area contributed by atoms with Crippen molar-refractivity contribution in [1.29, 1.82) is 0 Å². The van der Waals surface area contributed by atoms with Crippen molar-refractivity contribution < 1.29 is 17.9 Å². The lowest BCUT2D eigenvalue weighted by atomic mass is 10.2. The van der Waals surface area contributed by atoms with Crippen LogP contribution in [0.2, 0.25) is 0 Å². The van der Waals surface area contributed by atoms with Crippen LogP contribution in [0.3, 0.4) is 0 Å². The van der Waals surface area contributed by atoms with Gasteiger partial charge in [-0.05, 0) is 19.9 Å². The Kier molecular flexibility index (Phi) is 4.13. The fourth-order valence-corrected chi connectivity index (χ4v) is 3.50. The van der Waals surface area contributed by atoms with Crippen LogP contribution in [0.1, 0.15) is 13.8 Å². The summed E-state index contributed by atoms with van der Waals surface area (Å²) in [7, 11) is -3.69. The van der Waals surface area contributed by atoms with Crippen molar-refractivity contribution in [2.75, 3.05) is 12.4 Å². The van der Waals surface area contributed by atoms with Gasteiger partial charge in [-0.2, -0.15) is 0 Å². The normalized spacial score (nSPS) is 11.7. The van der Waals surface area contributed by atoms with Gasteiger partial charge in [0.15, 0.2) is 15.6 Å². The van der Waals surface area contributed by atoms with Gasteiger partial charge in [-0.25, -0.2) is 8.42 Å². The predicted molar refractivity (Wildman–Crippen MR) is 76.3 cm³/mol. The van der Waals surface area contributed by atoms with Crippen LogP contribution < -0.4 is 0 Å². The van der Waals surface area contributed by atoms with E-state index in [1.54, 1.807) is 25.3 Å². The standard InChI is InChI=1S/C14H17NO4S/c1-3-15-9-13(11-7-5-6-8-12(11)15)20(17,18)10-14(16)19-4-2/h5-9H,3-4,10H2,1-2H3. The summed E-state index contributed by atoms with van der Waals surface area (Å²) in [5.74, 6) is -1.35. The smallest absolute Gasteiger partial charge is 0.321 e. The molecule has 6 heteroatoms. The van der Waals surface area contributed by atoms with E-state index in [1.807, 2.05) is 23.6 Å². The molecule has 0 aliphatic heterocycles. The SMILES string of the molecule is CCOC(=O)CS(=O)(=O)c1cn(CC)c2ccccc12. The molecule has 0 saturated heterocycles. The lowest BCUT2D eigenvalue weighted by molar-refractivity contribution is -0.139. The summed E-state index contributed by atoms with van der Waals surface area (Å²) >= 11 is 0. The second kappa shape index (κ2) is 5.66. The highest BCUT2D eigenvalue weighted by molar-refractivity contribution is 7.92. The van der Waals surface area contributed by atoms with Gasteiger partial charge in [0, 0.05) is 23.6 Å². The number of hydrogen-bond donors (Lipinski definition) is 0. The maximum absolute atomic E-state index is 12.3. The average Bonchev–Trinajstić information content (AvgIpc) is 2.78. The summed E-state index contributed by atoms with van der Waals surface area (Å²) in [6.07, 6.45) is 1.58. The van der Waals surface area contributed by atoms with Gasteiger partial charge >= 0.3 is 5.97 Å². The predicted octanol–water partition coefficient (Wildman–Crippen LogP) is 2.00. The number of para-hydroxylation sites is 1. The quantitative estimate of drug-likeness (QED) is 0.791. The Labute approximate surface area is 118 Å². The fraction of sp³-hybridized carbons (Fsp3) is 0.357. The topological polar surface area (TPSA) is 65.4 Å². The number of carbonyl (C=O) groups is 1. The molecule has 0 amide bonds. The molecule has 0 atom stereocenters. The van der Waals surface area contributed by atoms with E-state index in [4.69, 9.17) is 4.74 Å². The number of carbonyl (C=O) groups excluding carboxylic acids is 1. The van der Waals surface area contributed by atoms with Gasteiger partial charge in [-0.15, -0.1) is 0 Å².